The van der Waals surface area contributed by atoms with Gasteiger partial charge in [-0.15, -0.1) is 0 Å². The predicted octanol–water partition coefficient (Wildman–Crippen LogP) is 9.39. The van der Waals surface area contributed by atoms with E-state index in [1.165, 1.54) is 12.5 Å². The second-order valence-corrected chi connectivity index (χ2v) is 25.0. The topological polar surface area (TPSA) is 227 Å². The van der Waals surface area contributed by atoms with Crippen LogP contribution in [-0.2, 0) is 24.6 Å². The maximum Gasteiger partial charge on any atom is 0.255 e. The molecule has 360 valence electrons. The number of nitrogens with zero attached hydrogens (tertiary/aromatic N) is 11. The van der Waals surface area contributed by atoms with E-state index >= 15 is 0 Å². The molecule has 0 saturated heterocycles. The van der Waals surface area contributed by atoms with Gasteiger partial charge in [0.1, 0.15) is 64.5 Å². The minimum atomic E-state index is -1.22. The molecule has 8 aromatic heterocycles. The number of amides is 2. The van der Waals surface area contributed by atoms with Gasteiger partial charge in [-0.2, -0.15) is 10.2 Å². The number of carbonyl (C=O) groups is 2. The van der Waals surface area contributed by atoms with Crippen LogP contribution in [0, 0.1) is 0 Å². The third kappa shape index (κ3) is 10.5. The monoisotopic (exact) mass is 1000 g/mol. The molecule has 10 aromatic rings. The molecule has 0 aliphatic carbocycles. The molecule has 0 spiro atoms. The lowest BCUT2D eigenvalue weighted by Crippen LogP contribution is -2.30. The van der Waals surface area contributed by atoms with Gasteiger partial charge in [-0.1, -0.05) is 53.2 Å². The summed E-state index contributed by atoms with van der Waals surface area (Å²) in [5.74, 6) is -0.420. The molecule has 70 heavy (non-hydrogen) atoms. The minimum absolute atomic E-state index is 0.00881. The lowest BCUT2D eigenvalue weighted by atomic mass is 10.1. The van der Waals surface area contributed by atoms with Gasteiger partial charge in [-0.25, -0.2) is 19.9 Å². The lowest BCUT2D eigenvalue weighted by molar-refractivity contribution is 0.0890. The van der Waals surface area contributed by atoms with Gasteiger partial charge in [0.05, 0.1) is 47.6 Å². The first-order chi connectivity index (χ1) is 33.6. The molecule has 19 nitrogen and oxygen atoms in total. The quantitative estimate of drug-likeness (QED) is 0.0643. The van der Waals surface area contributed by atoms with Gasteiger partial charge in [-0.3, -0.25) is 19.0 Å². The predicted molar refractivity (Wildman–Crippen MR) is 269 cm³/mol. The highest BCUT2D eigenvalue weighted by Crippen LogP contribution is 2.33. The summed E-state index contributed by atoms with van der Waals surface area (Å²) in [5.41, 5.74) is 8.47. The number of aromatic nitrogens is 12. The van der Waals surface area contributed by atoms with Crippen LogP contribution < -0.4 is 10.6 Å². The first-order valence-corrected chi connectivity index (χ1v) is 27.1. The molecule has 0 atom stereocenters. The Morgan fingerprint density at radius 1 is 0.743 bits per heavy atom. The highest BCUT2D eigenvalue weighted by molar-refractivity contribution is 6.76. The highest BCUT2D eigenvalue weighted by Gasteiger charge is 2.23. The smallest absolute Gasteiger partial charge is 0.255 e. The summed E-state index contributed by atoms with van der Waals surface area (Å²) in [4.78, 5) is 47.5. The van der Waals surface area contributed by atoms with E-state index in [4.69, 9.17) is 62.1 Å². The molecular weight excluding hydrogens is 952 g/mol. The normalized spacial score (nSPS) is 11.9. The van der Waals surface area contributed by atoms with E-state index in [1.54, 1.807) is 47.7 Å². The van der Waals surface area contributed by atoms with Crippen LogP contribution in [0.1, 0.15) is 59.8 Å². The Hall–Kier alpha value is -7.26. The molecule has 2 aromatic carbocycles. The van der Waals surface area contributed by atoms with Crippen molar-refractivity contribution < 1.29 is 23.4 Å². The number of hydrogen-bond acceptors (Lipinski definition) is 13. The number of ether oxygens (including phenoxy) is 1. The molecule has 0 aliphatic heterocycles. The van der Waals surface area contributed by atoms with E-state index in [0.29, 0.717) is 86.0 Å². The lowest BCUT2D eigenvalue weighted by Gasteiger charge is -2.15. The Morgan fingerprint density at radius 2 is 1.29 bits per heavy atom. The Labute approximate surface area is 411 Å². The Balaban J connectivity index is 0.000000178. The molecule has 0 saturated carbocycles. The van der Waals surface area contributed by atoms with E-state index < -0.39 is 8.07 Å². The third-order valence-electron chi connectivity index (χ3n) is 11.0. The van der Waals surface area contributed by atoms with Crippen molar-refractivity contribution in [2.45, 2.75) is 85.3 Å². The average molecular weight is 1000 g/mol. The zero-order chi connectivity index (χ0) is 49.3. The van der Waals surface area contributed by atoms with Crippen LogP contribution in [0.2, 0.25) is 35.7 Å². The first-order valence-electron chi connectivity index (χ1n) is 22.6. The summed E-state index contributed by atoms with van der Waals surface area (Å²) in [6.07, 6.45) is 9.75. The molecule has 0 aliphatic rings. The van der Waals surface area contributed by atoms with Crippen LogP contribution in [0.5, 0.6) is 0 Å². The zero-order valence-corrected chi connectivity index (χ0v) is 42.0. The number of rotatable bonds is 15. The summed E-state index contributed by atoms with van der Waals surface area (Å²) in [7, 11) is -1.22. The molecule has 2 amide bonds. The van der Waals surface area contributed by atoms with Crippen LogP contribution in [0.15, 0.2) is 94.9 Å². The maximum atomic E-state index is 13.1. The molecule has 0 radical (unpaired) electrons. The van der Waals surface area contributed by atoms with Gasteiger partial charge < -0.3 is 34.0 Å². The van der Waals surface area contributed by atoms with Crippen molar-refractivity contribution >= 4 is 87.2 Å². The van der Waals surface area contributed by atoms with Crippen LogP contribution in [0.3, 0.4) is 0 Å². The number of fused-ring (bicyclic) bond motifs is 4. The van der Waals surface area contributed by atoms with E-state index in [1.807, 2.05) is 67.3 Å². The number of aromatic amines is 1. The van der Waals surface area contributed by atoms with Crippen LogP contribution in [0.4, 0.5) is 0 Å². The van der Waals surface area contributed by atoms with Gasteiger partial charge in [0.25, 0.3) is 11.8 Å². The molecule has 0 unspecified atom stereocenters. The molecule has 10 rings (SSSR count). The maximum absolute atomic E-state index is 13.1. The summed E-state index contributed by atoms with van der Waals surface area (Å²) >= 11 is 12.6. The van der Waals surface area contributed by atoms with Crippen molar-refractivity contribution in [2.24, 2.45) is 0 Å². The Bertz CT molecular complexity index is 3480. The molecule has 0 fully saturated rings. The number of hydrogen-bond donors (Lipinski definition) is 3. The Morgan fingerprint density at radius 3 is 1.81 bits per heavy atom. The number of nitrogens with one attached hydrogen (secondary N) is 3. The molecule has 8 heterocycles. The SMILES string of the molecule is CC(C)NC(=O)c1c[nH]c2ncc(-c3nn(Cc4ccon4)c4cc(Cl)ccc34)nc12.CC(C)NC(=O)c1cn(COCC[Si](C)(C)C)c2ncc(-c3nn(Cc4ccon4)c4cc(Cl)ccc34)nc12. The highest BCUT2D eigenvalue weighted by atomic mass is 35.5. The zero-order valence-electron chi connectivity index (χ0n) is 39.5. The van der Waals surface area contributed by atoms with Crippen LogP contribution in [0.25, 0.3) is 66.9 Å². The Kier molecular flexibility index (Phi) is 13.6. The molecular formula is C48H50Cl2N14O5Si. The standard InChI is InChI=1S/C27H32ClN7O3Si.C21H18ClN7O2/c1-17(2)30-27(36)21-15-34(16-37-10-11-39(3,4)5)26-25(21)31-22(13-29-26)24-20-7-6-18(28)12-23(20)35(32-24)14-19-8-9-38-33-19;1-11(2)25-21(30)15-8-23-20-19(15)26-16(9-24-20)18-14-4-3-12(22)7-17(14)29(27-18)10-13-5-6-31-28-13/h6-9,12-13,15,17H,10-11,14,16H2,1-5H3,(H,30,36);3-9,11H,10H2,1-2H3,(H,23,24)(H,25,30). The number of carbonyl (C=O) groups excluding carboxylic acids is 2. The second kappa shape index (κ2) is 20.0. The van der Waals surface area contributed by atoms with Crippen molar-refractivity contribution in [3.63, 3.8) is 0 Å². The number of H-pyrrole nitrogens is 1. The third-order valence-corrected chi connectivity index (χ3v) is 13.2. The van der Waals surface area contributed by atoms with Crippen molar-refractivity contribution in [3.05, 3.63) is 118 Å². The minimum Gasteiger partial charge on any atom is -0.364 e. The van der Waals surface area contributed by atoms with Crippen molar-refractivity contribution in [1.29, 1.82) is 0 Å². The second-order valence-electron chi connectivity index (χ2n) is 18.5. The van der Waals surface area contributed by atoms with E-state index in [-0.39, 0.29) is 30.6 Å². The number of halogens is 2. The van der Waals surface area contributed by atoms with E-state index in [2.05, 4.69) is 50.6 Å². The molecule has 22 heteroatoms. The summed E-state index contributed by atoms with van der Waals surface area (Å²) < 4.78 is 21.3. The van der Waals surface area contributed by atoms with Gasteiger partial charge >= 0.3 is 0 Å². The summed E-state index contributed by atoms with van der Waals surface area (Å²) in [5, 5.41) is 26.3. The largest absolute Gasteiger partial charge is 0.364 e. The number of benzene rings is 2. The molecule has 0 bridgehead atoms. The van der Waals surface area contributed by atoms with Crippen LogP contribution >= 0.6 is 23.2 Å². The van der Waals surface area contributed by atoms with Crippen molar-refractivity contribution in [1.82, 2.24) is 70.0 Å². The molecule has 3 N–H and O–H groups in total. The van der Waals surface area contributed by atoms with Crippen molar-refractivity contribution in [2.75, 3.05) is 6.61 Å². The first kappa shape index (κ1) is 47.8. The summed E-state index contributed by atoms with van der Waals surface area (Å²) in [6, 6.07) is 15.7. The van der Waals surface area contributed by atoms with E-state index in [0.717, 1.165) is 39.2 Å². The van der Waals surface area contributed by atoms with E-state index in [9.17, 15) is 9.59 Å². The van der Waals surface area contributed by atoms with Gasteiger partial charge in [0.15, 0.2) is 11.3 Å². The fourth-order valence-corrected chi connectivity index (χ4v) is 8.78. The van der Waals surface area contributed by atoms with Crippen LogP contribution in [-0.4, -0.2) is 97.9 Å². The fraction of sp³-hybridized carbons (Fsp3) is 0.292. The van der Waals surface area contributed by atoms with Gasteiger partial charge in [-0.05, 0) is 70.1 Å². The van der Waals surface area contributed by atoms with Gasteiger partial charge in [0.2, 0.25) is 0 Å². The van der Waals surface area contributed by atoms with Gasteiger partial charge in [0, 0.05) is 72.1 Å². The van der Waals surface area contributed by atoms with Crippen molar-refractivity contribution in [3.8, 4) is 22.8 Å². The average Bonchev–Trinajstić information content (AvgIpc) is 4.19. The fourth-order valence-electron chi connectivity index (χ4n) is 7.69. The summed E-state index contributed by atoms with van der Waals surface area (Å²) in [6.45, 7) is 16.4.